The number of hydrogen-bond donors (Lipinski definition) is 0. The molecule has 4 heteroatoms. The fourth-order valence-corrected chi connectivity index (χ4v) is 8.25. The molecule has 1 nitrogen and oxygen atoms in total. The molecule has 0 amide bonds. The Morgan fingerprint density at radius 2 is 1.05 bits per heavy atom. The van der Waals surface area contributed by atoms with Crippen molar-refractivity contribution in [2.24, 2.45) is 0 Å². The molecule has 0 saturated heterocycles. The number of nitrogens with zero attached hydrogens (tertiary/aromatic N) is 1. The third kappa shape index (κ3) is 3.89. The predicted octanol–water partition coefficient (Wildman–Crippen LogP) is 11.1. The van der Waals surface area contributed by atoms with Crippen LogP contribution in [-0.4, -0.2) is 4.98 Å². The Hall–Kier alpha value is -4.41. The van der Waals surface area contributed by atoms with Gasteiger partial charge in [-0.2, -0.15) is 0 Å². The summed E-state index contributed by atoms with van der Waals surface area (Å²) in [5.41, 5.74) is 13.2. The van der Waals surface area contributed by atoms with Gasteiger partial charge in [0.2, 0.25) is 0 Å². The minimum Gasteiger partial charge on any atom is -0.236 e. The molecule has 5 aromatic carbocycles. The van der Waals surface area contributed by atoms with Crippen LogP contribution in [0.2, 0.25) is 0 Å². The first-order valence-electron chi connectivity index (χ1n) is 14.6. The summed E-state index contributed by atoms with van der Waals surface area (Å²) < 4.78 is 29.3. The van der Waals surface area contributed by atoms with Gasteiger partial charge in [0.1, 0.15) is 16.6 Å². The van der Waals surface area contributed by atoms with E-state index in [1.807, 2.05) is 12.1 Å². The Balaban J connectivity index is 1.16. The Morgan fingerprint density at radius 3 is 1.63 bits per heavy atom. The molecule has 0 radical (unpaired) electrons. The van der Waals surface area contributed by atoms with Crippen LogP contribution in [0.3, 0.4) is 0 Å². The molecule has 0 saturated carbocycles. The minimum atomic E-state index is -0.562. The van der Waals surface area contributed by atoms with Crippen LogP contribution >= 0.6 is 11.3 Å². The van der Waals surface area contributed by atoms with Crippen LogP contribution in [0, 0.1) is 11.6 Å². The monoisotopic (exact) mass is 581 g/mol. The highest BCUT2D eigenvalue weighted by atomic mass is 32.1. The van der Waals surface area contributed by atoms with Crippen LogP contribution in [0.25, 0.3) is 54.2 Å². The molecule has 0 N–H and O–H groups in total. The normalized spacial score (nSPS) is 16.0. The van der Waals surface area contributed by atoms with Crippen molar-refractivity contribution in [3.05, 3.63) is 137 Å². The molecule has 43 heavy (non-hydrogen) atoms. The van der Waals surface area contributed by atoms with Crippen molar-refractivity contribution in [1.29, 1.82) is 0 Å². The Morgan fingerprint density at radius 1 is 0.535 bits per heavy atom. The number of thiazole rings is 1. The molecule has 2 aliphatic rings. The van der Waals surface area contributed by atoms with Gasteiger partial charge in [0.25, 0.3) is 0 Å². The molecule has 210 valence electrons. The molecule has 0 atom stereocenters. The highest BCUT2D eigenvalue weighted by molar-refractivity contribution is 7.21. The van der Waals surface area contributed by atoms with Gasteiger partial charge in [0, 0.05) is 22.5 Å². The molecule has 0 bridgehead atoms. The predicted molar refractivity (Wildman–Crippen MR) is 175 cm³/mol. The fraction of sp³-hybridized carbons (Fsp3) is 0.154. The quantitative estimate of drug-likeness (QED) is 0.203. The molecule has 2 aliphatic carbocycles. The van der Waals surface area contributed by atoms with Crippen molar-refractivity contribution >= 4 is 32.7 Å². The second-order valence-corrected chi connectivity index (χ2v) is 13.8. The first-order chi connectivity index (χ1) is 20.6. The number of hydrogen-bond acceptors (Lipinski definition) is 2. The summed E-state index contributed by atoms with van der Waals surface area (Å²) >= 11 is 1.72. The van der Waals surface area contributed by atoms with Crippen LogP contribution in [0.5, 0.6) is 0 Å². The molecular weight excluding hydrogens is 552 g/mol. The van der Waals surface area contributed by atoms with E-state index in [1.54, 1.807) is 11.3 Å². The summed E-state index contributed by atoms with van der Waals surface area (Å²) in [6, 6.07) is 33.9. The van der Waals surface area contributed by atoms with Gasteiger partial charge in [0.15, 0.2) is 0 Å². The van der Waals surface area contributed by atoms with E-state index in [2.05, 4.69) is 100 Å². The SMILES string of the molecule is CC1(C)C2=C(c3ccc(-c4ccc(-c5nc6ccccc6s5)cc4)cc31)C(C)(C)c1cc(-c3cc(F)cc(F)c3)ccc12. The van der Waals surface area contributed by atoms with Crippen molar-refractivity contribution in [3.8, 4) is 32.8 Å². The van der Waals surface area contributed by atoms with E-state index >= 15 is 0 Å². The summed E-state index contributed by atoms with van der Waals surface area (Å²) in [5, 5.41) is 1.04. The van der Waals surface area contributed by atoms with E-state index in [1.165, 1.54) is 61.4 Å². The molecule has 8 rings (SSSR count). The number of para-hydroxylation sites is 1. The molecule has 0 fully saturated rings. The fourth-order valence-electron chi connectivity index (χ4n) is 7.28. The van der Waals surface area contributed by atoms with Crippen LogP contribution < -0.4 is 0 Å². The van der Waals surface area contributed by atoms with Gasteiger partial charge in [-0.1, -0.05) is 88.4 Å². The highest BCUT2D eigenvalue weighted by Crippen LogP contribution is 2.63. The lowest BCUT2D eigenvalue weighted by atomic mass is 9.74. The lowest BCUT2D eigenvalue weighted by Crippen LogP contribution is -2.19. The number of fused-ring (bicyclic) bond motifs is 5. The van der Waals surface area contributed by atoms with E-state index in [9.17, 15) is 8.78 Å². The lowest BCUT2D eigenvalue weighted by Gasteiger charge is -2.29. The largest absolute Gasteiger partial charge is 0.236 e. The van der Waals surface area contributed by atoms with Crippen molar-refractivity contribution < 1.29 is 8.78 Å². The molecular formula is C39H29F2NS. The Bertz CT molecular complexity index is 2090. The maximum atomic E-state index is 14.0. The van der Waals surface area contributed by atoms with E-state index in [4.69, 9.17) is 4.98 Å². The second-order valence-electron chi connectivity index (χ2n) is 12.7. The van der Waals surface area contributed by atoms with Crippen molar-refractivity contribution in [1.82, 2.24) is 4.98 Å². The number of benzene rings is 5. The number of halogens is 2. The zero-order valence-corrected chi connectivity index (χ0v) is 25.2. The van der Waals surface area contributed by atoms with Gasteiger partial charge in [-0.15, -0.1) is 11.3 Å². The average Bonchev–Trinajstić information content (AvgIpc) is 3.60. The van der Waals surface area contributed by atoms with Crippen molar-refractivity contribution in [3.63, 3.8) is 0 Å². The highest BCUT2D eigenvalue weighted by Gasteiger charge is 2.49. The molecule has 0 unspecified atom stereocenters. The van der Waals surface area contributed by atoms with Gasteiger partial charge < -0.3 is 0 Å². The van der Waals surface area contributed by atoms with E-state index < -0.39 is 11.6 Å². The number of rotatable bonds is 3. The van der Waals surface area contributed by atoms with Gasteiger partial charge in [-0.3, -0.25) is 0 Å². The van der Waals surface area contributed by atoms with Crippen LogP contribution in [0.1, 0.15) is 49.9 Å². The molecule has 0 spiro atoms. The Kier molecular flexibility index (Phi) is 5.52. The van der Waals surface area contributed by atoms with Gasteiger partial charge in [-0.05, 0) is 92.1 Å². The van der Waals surface area contributed by atoms with E-state index in [0.29, 0.717) is 5.56 Å². The third-order valence-corrected chi connectivity index (χ3v) is 10.5. The van der Waals surface area contributed by atoms with Gasteiger partial charge in [0.05, 0.1) is 10.2 Å². The zero-order valence-electron chi connectivity index (χ0n) is 24.4. The molecule has 1 aromatic heterocycles. The maximum absolute atomic E-state index is 14.0. The average molecular weight is 582 g/mol. The maximum Gasteiger partial charge on any atom is 0.126 e. The van der Waals surface area contributed by atoms with Crippen molar-refractivity contribution in [2.45, 2.75) is 38.5 Å². The number of allylic oxidation sites excluding steroid dienone is 2. The lowest BCUT2D eigenvalue weighted by molar-refractivity contribution is 0.584. The zero-order chi connectivity index (χ0) is 29.7. The minimum absolute atomic E-state index is 0.198. The standard InChI is InChI=1S/C39H29F2NS/c1-38(2)31-19-24(22-9-11-23(12-10-22)37-42-33-7-5-6-8-34(33)43-37)13-15-29(31)35-36(38)30-16-14-25(20-32(30)39(35,3)4)26-17-27(40)21-28(41)18-26/h5-21H,1-4H3. The first-order valence-corrected chi connectivity index (χ1v) is 15.4. The summed E-state index contributed by atoms with van der Waals surface area (Å²) in [6.07, 6.45) is 0. The van der Waals surface area contributed by atoms with Crippen molar-refractivity contribution in [2.75, 3.05) is 0 Å². The van der Waals surface area contributed by atoms with Crippen LogP contribution in [-0.2, 0) is 10.8 Å². The summed E-state index contributed by atoms with van der Waals surface area (Å²) in [7, 11) is 0. The van der Waals surface area contributed by atoms with Crippen LogP contribution in [0.15, 0.2) is 103 Å². The van der Waals surface area contributed by atoms with E-state index in [0.717, 1.165) is 27.7 Å². The van der Waals surface area contributed by atoms with E-state index in [-0.39, 0.29) is 10.8 Å². The second kappa shape index (κ2) is 9.05. The summed E-state index contributed by atoms with van der Waals surface area (Å²) in [6.45, 7) is 9.17. The first kappa shape index (κ1) is 26.2. The molecule has 1 heterocycles. The third-order valence-electron chi connectivity index (χ3n) is 9.38. The number of aromatic nitrogens is 1. The summed E-state index contributed by atoms with van der Waals surface area (Å²) in [5.74, 6) is -1.12. The topological polar surface area (TPSA) is 12.9 Å². The Labute approximate surface area is 254 Å². The molecule has 6 aromatic rings. The smallest absolute Gasteiger partial charge is 0.126 e. The van der Waals surface area contributed by atoms with Gasteiger partial charge in [-0.25, -0.2) is 13.8 Å². The van der Waals surface area contributed by atoms with Gasteiger partial charge >= 0.3 is 0 Å². The summed E-state index contributed by atoms with van der Waals surface area (Å²) in [4.78, 5) is 4.83. The van der Waals surface area contributed by atoms with Crippen LogP contribution in [0.4, 0.5) is 8.78 Å². The molecule has 0 aliphatic heterocycles.